The molecule has 2 rings (SSSR count). The molecule has 0 aliphatic carbocycles. The zero-order valence-electron chi connectivity index (χ0n) is 12.2. The fourth-order valence-electron chi connectivity index (χ4n) is 2.63. The molecule has 1 fully saturated rings. The molecule has 5 heteroatoms. The Hall–Kier alpha value is -1.36. The fraction of sp³-hybridized carbons (Fsp3) is 0.714. The van der Waals surface area contributed by atoms with Gasteiger partial charge in [0.15, 0.2) is 0 Å². The summed E-state index contributed by atoms with van der Waals surface area (Å²) in [5, 5.41) is 7.37. The molecule has 0 bridgehead atoms. The van der Waals surface area contributed by atoms with Crippen LogP contribution in [0.5, 0.6) is 0 Å². The lowest BCUT2D eigenvalue weighted by molar-refractivity contribution is -0.121. The Labute approximate surface area is 114 Å². The number of amides is 1. The van der Waals surface area contributed by atoms with Gasteiger partial charge in [0.1, 0.15) is 0 Å². The predicted octanol–water partition coefficient (Wildman–Crippen LogP) is 1.26. The third kappa shape index (κ3) is 3.15. The number of nitrogens with zero attached hydrogens (tertiary/aromatic N) is 2. The van der Waals surface area contributed by atoms with E-state index in [2.05, 4.69) is 10.4 Å². The number of aromatic nitrogens is 2. The van der Waals surface area contributed by atoms with E-state index >= 15 is 0 Å². The molecule has 1 saturated heterocycles. The highest BCUT2D eigenvalue weighted by Gasteiger charge is 2.24. The van der Waals surface area contributed by atoms with E-state index in [1.807, 2.05) is 32.5 Å². The summed E-state index contributed by atoms with van der Waals surface area (Å²) in [4.78, 5) is 12.1. The Kier molecular flexibility index (Phi) is 4.24. The van der Waals surface area contributed by atoms with Gasteiger partial charge in [-0.2, -0.15) is 5.10 Å². The van der Waals surface area contributed by atoms with Gasteiger partial charge in [-0.1, -0.05) is 0 Å². The molecular formula is C14H23N3O2. The van der Waals surface area contributed by atoms with E-state index < -0.39 is 0 Å². The molecule has 0 aromatic carbocycles. The van der Waals surface area contributed by atoms with Crippen molar-refractivity contribution in [1.29, 1.82) is 0 Å². The number of ether oxygens (including phenoxy) is 1. The van der Waals surface area contributed by atoms with Gasteiger partial charge in [-0.3, -0.25) is 9.48 Å². The molecule has 1 aromatic heterocycles. The van der Waals surface area contributed by atoms with Crippen LogP contribution in [0.15, 0.2) is 0 Å². The van der Waals surface area contributed by atoms with Crippen molar-refractivity contribution in [2.75, 3.05) is 6.61 Å². The maximum Gasteiger partial charge on any atom is 0.224 e. The minimum atomic E-state index is 0.0437. The van der Waals surface area contributed by atoms with Gasteiger partial charge in [0.05, 0.1) is 24.3 Å². The van der Waals surface area contributed by atoms with Crippen molar-refractivity contribution in [3.05, 3.63) is 17.0 Å². The zero-order valence-corrected chi connectivity index (χ0v) is 12.2. The quantitative estimate of drug-likeness (QED) is 0.891. The van der Waals surface area contributed by atoms with Gasteiger partial charge in [0, 0.05) is 24.9 Å². The van der Waals surface area contributed by atoms with Crippen molar-refractivity contribution in [2.45, 2.75) is 52.2 Å². The summed E-state index contributed by atoms with van der Waals surface area (Å²) < 4.78 is 7.41. The van der Waals surface area contributed by atoms with Gasteiger partial charge in [-0.05, 0) is 33.6 Å². The smallest absolute Gasteiger partial charge is 0.224 e. The highest BCUT2D eigenvalue weighted by atomic mass is 16.5. The molecule has 2 atom stereocenters. The number of aryl methyl sites for hydroxylation is 2. The Morgan fingerprint density at radius 2 is 2.32 bits per heavy atom. The number of nitrogens with one attached hydrogen (secondary N) is 1. The van der Waals surface area contributed by atoms with E-state index in [1.165, 1.54) is 0 Å². The molecule has 0 radical (unpaired) electrons. The molecule has 0 saturated carbocycles. The average Bonchev–Trinajstić information content (AvgIpc) is 2.94. The van der Waals surface area contributed by atoms with Crippen LogP contribution in [0.1, 0.15) is 36.7 Å². The summed E-state index contributed by atoms with van der Waals surface area (Å²) in [6, 6.07) is 0.0762. The monoisotopic (exact) mass is 265 g/mol. The van der Waals surface area contributed by atoms with Crippen LogP contribution in [-0.2, 0) is 23.0 Å². The molecule has 19 heavy (non-hydrogen) atoms. The van der Waals surface area contributed by atoms with Crippen LogP contribution >= 0.6 is 0 Å². The lowest BCUT2D eigenvalue weighted by atomic mass is 10.1. The second-order valence-corrected chi connectivity index (χ2v) is 5.36. The SMILES string of the molecule is Cc1nn(C)c(C)c1CC(=O)N[C@@H](C)[C@@H]1CCCO1. The number of carbonyl (C=O) groups excluding carboxylic acids is 1. The van der Waals surface area contributed by atoms with Gasteiger partial charge in [-0.15, -0.1) is 0 Å². The molecule has 2 heterocycles. The van der Waals surface area contributed by atoms with Crippen LogP contribution in [0, 0.1) is 13.8 Å². The number of hydrogen-bond donors (Lipinski definition) is 1. The summed E-state index contributed by atoms with van der Waals surface area (Å²) in [5.74, 6) is 0.0437. The van der Waals surface area contributed by atoms with Gasteiger partial charge in [-0.25, -0.2) is 0 Å². The summed E-state index contributed by atoms with van der Waals surface area (Å²) in [7, 11) is 1.90. The zero-order chi connectivity index (χ0) is 14.0. The molecular weight excluding hydrogens is 242 g/mol. The van der Waals surface area contributed by atoms with E-state index in [9.17, 15) is 4.79 Å². The summed E-state index contributed by atoms with van der Waals surface area (Å²) in [6.07, 6.45) is 2.68. The molecule has 1 aliphatic heterocycles. The molecule has 1 aliphatic rings. The first-order valence-electron chi connectivity index (χ1n) is 6.89. The largest absolute Gasteiger partial charge is 0.376 e. The molecule has 1 aromatic rings. The maximum absolute atomic E-state index is 12.1. The van der Waals surface area contributed by atoms with Gasteiger partial charge < -0.3 is 10.1 Å². The van der Waals surface area contributed by atoms with Crippen LogP contribution in [0.2, 0.25) is 0 Å². The van der Waals surface area contributed by atoms with Crippen LogP contribution in [-0.4, -0.2) is 34.4 Å². The van der Waals surface area contributed by atoms with Crippen molar-refractivity contribution < 1.29 is 9.53 Å². The molecule has 5 nitrogen and oxygen atoms in total. The number of carbonyl (C=O) groups is 1. The van der Waals surface area contributed by atoms with Crippen molar-refractivity contribution in [2.24, 2.45) is 7.05 Å². The van der Waals surface area contributed by atoms with E-state index in [1.54, 1.807) is 0 Å². The van der Waals surface area contributed by atoms with Gasteiger partial charge >= 0.3 is 0 Å². The lowest BCUT2D eigenvalue weighted by Crippen LogP contribution is -2.41. The van der Waals surface area contributed by atoms with E-state index in [0.717, 1.165) is 36.4 Å². The minimum absolute atomic E-state index is 0.0437. The highest BCUT2D eigenvalue weighted by Crippen LogP contribution is 2.16. The molecule has 0 unspecified atom stereocenters. The Morgan fingerprint density at radius 1 is 1.58 bits per heavy atom. The van der Waals surface area contributed by atoms with Crippen LogP contribution < -0.4 is 5.32 Å². The normalized spacial score (nSPS) is 20.5. The maximum atomic E-state index is 12.1. The van der Waals surface area contributed by atoms with Crippen LogP contribution in [0.4, 0.5) is 0 Å². The van der Waals surface area contributed by atoms with Crippen molar-refractivity contribution in [3.63, 3.8) is 0 Å². The van der Waals surface area contributed by atoms with Crippen LogP contribution in [0.3, 0.4) is 0 Å². The lowest BCUT2D eigenvalue weighted by Gasteiger charge is -2.20. The fourth-order valence-corrected chi connectivity index (χ4v) is 2.63. The summed E-state index contributed by atoms with van der Waals surface area (Å²) in [6.45, 7) is 6.76. The average molecular weight is 265 g/mol. The molecule has 1 N–H and O–H groups in total. The Bertz CT molecular complexity index is 462. The summed E-state index contributed by atoms with van der Waals surface area (Å²) in [5.41, 5.74) is 3.01. The third-order valence-corrected chi connectivity index (χ3v) is 3.91. The van der Waals surface area contributed by atoms with Crippen molar-refractivity contribution >= 4 is 5.91 Å². The van der Waals surface area contributed by atoms with E-state index in [-0.39, 0.29) is 18.1 Å². The standard InChI is InChI=1S/C14H23N3O2/c1-9-12(11(3)17(4)16-9)8-14(18)15-10(2)13-6-5-7-19-13/h10,13H,5-8H2,1-4H3,(H,15,18)/t10-,13-/m0/s1. The topological polar surface area (TPSA) is 56.2 Å². The van der Waals surface area contributed by atoms with E-state index in [4.69, 9.17) is 4.74 Å². The predicted molar refractivity (Wildman–Crippen MR) is 73.0 cm³/mol. The molecule has 0 spiro atoms. The van der Waals surface area contributed by atoms with Crippen LogP contribution in [0.25, 0.3) is 0 Å². The van der Waals surface area contributed by atoms with E-state index in [0.29, 0.717) is 6.42 Å². The first-order chi connectivity index (χ1) is 8.99. The summed E-state index contributed by atoms with van der Waals surface area (Å²) >= 11 is 0. The number of rotatable bonds is 4. The van der Waals surface area contributed by atoms with Crippen molar-refractivity contribution in [1.82, 2.24) is 15.1 Å². The Balaban J connectivity index is 1.93. The molecule has 1 amide bonds. The van der Waals surface area contributed by atoms with Crippen molar-refractivity contribution in [3.8, 4) is 0 Å². The third-order valence-electron chi connectivity index (χ3n) is 3.91. The highest BCUT2D eigenvalue weighted by molar-refractivity contribution is 5.79. The second-order valence-electron chi connectivity index (χ2n) is 5.36. The first kappa shape index (κ1) is 14.1. The Morgan fingerprint density at radius 3 is 2.84 bits per heavy atom. The number of hydrogen-bond acceptors (Lipinski definition) is 3. The van der Waals surface area contributed by atoms with Gasteiger partial charge in [0.25, 0.3) is 0 Å². The first-order valence-corrected chi connectivity index (χ1v) is 6.89. The van der Waals surface area contributed by atoms with Gasteiger partial charge in [0.2, 0.25) is 5.91 Å². The molecule has 106 valence electrons. The second kappa shape index (κ2) is 5.74. The minimum Gasteiger partial charge on any atom is -0.376 e.